The summed E-state index contributed by atoms with van der Waals surface area (Å²) in [5.41, 5.74) is 1.23. The van der Waals surface area contributed by atoms with Gasteiger partial charge in [-0.3, -0.25) is 0 Å². The summed E-state index contributed by atoms with van der Waals surface area (Å²) in [5, 5.41) is 11.5. The van der Waals surface area contributed by atoms with E-state index in [0.29, 0.717) is 0 Å². The van der Waals surface area contributed by atoms with E-state index in [-0.39, 0.29) is 5.56 Å². The van der Waals surface area contributed by atoms with Crippen LogP contribution in [0.25, 0.3) is 0 Å². The number of sulfonamides is 1. The van der Waals surface area contributed by atoms with Crippen molar-refractivity contribution in [3.8, 4) is 0 Å². The average Bonchev–Trinajstić information content (AvgIpc) is 2.14. The van der Waals surface area contributed by atoms with Crippen molar-refractivity contribution in [3.63, 3.8) is 0 Å². The fourth-order valence-corrected chi connectivity index (χ4v) is 2.61. The third-order valence-corrected chi connectivity index (χ3v) is 3.29. The quantitative estimate of drug-likeness (QED) is 0.441. The topological polar surface area (TPSA) is 72.8 Å². The molecule has 0 bridgehead atoms. The molecule has 1 aromatic carbocycles. The van der Waals surface area contributed by atoms with Crippen LogP contribution >= 0.6 is 22.6 Å². The SMILES string of the molecule is CN(C)c1ccc(/C([O-])=N/S(C)(=O)=O)cc1I. The number of anilines is 1. The zero-order chi connectivity index (χ0) is 13.2. The monoisotopic (exact) mass is 367 g/mol. The molecule has 0 fully saturated rings. The maximum absolute atomic E-state index is 11.5. The minimum atomic E-state index is -3.65. The van der Waals surface area contributed by atoms with Crippen molar-refractivity contribution >= 4 is 44.2 Å². The number of hydrogen-bond donors (Lipinski definition) is 0. The Morgan fingerprint density at radius 1 is 1.41 bits per heavy atom. The van der Waals surface area contributed by atoms with Gasteiger partial charge in [-0.2, -0.15) is 4.40 Å². The van der Waals surface area contributed by atoms with Crippen molar-refractivity contribution in [1.82, 2.24) is 0 Å². The second-order valence-corrected chi connectivity index (χ2v) is 6.50. The van der Waals surface area contributed by atoms with Crippen molar-refractivity contribution in [2.24, 2.45) is 4.40 Å². The van der Waals surface area contributed by atoms with E-state index < -0.39 is 15.9 Å². The van der Waals surface area contributed by atoms with Crippen LogP contribution in [0.15, 0.2) is 22.6 Å². The van der Waals surface area contributed by atoms with Gasteiger partial charge < -0.3 is 10.0 Å². The maximum Gasteiger partial charge on any atom is 0.249 e. The van der Waals surface area contributed by atoms with Crippen LogP contribution < -0.4 is 10.0 Å². The zero-order valence-electron chi connectivity index (χ0n) is 9.64. The molecule has 1 rings (SSSR count). The predicted octanol–water partition coefficient (Wildman–Crippen LogP) is 0.424. The van der Waals surface area contributed by atoms with Crippen LogP contribution in [0.1, 0.15) is 5.56 Å². The molecule has 0 amide bonds. The van der Waals surface area contributed by atoms with Crippen LogP contribution in [0.2, 0.25) is 0 Å². The normalized spacial score (nSPS) is 12.6. The van der Waals surface area contributed by atoms with Gasteiger partial charge in [0, 0.05) is 29.3 Å². The molecule has 0 N–H and O–H groups in total. The molecular formula is C10H12IN2O3S-. The number of rotatable bonds is 3. The Balaban J connectivity index is 3.19. The highest BCUT2D eigenvalue weighted by Crippen LogP contribution is 2.21. The highest BCUT2D eigenvalue weighted by Gasteiger charge is 2.04. The van der Waals surface area contributed by atoms with Crippen molar-refractivity contribution in [3.05, 3.63) is 27.3 Å². The zero-order valence-corrected chi connectivity index (χ0v) is 12.6. The third kappa shape index (κ3) is 4.15. The van der Waals surface area contributed by atoms with Gasteiger partial charge in [-0.15, -0.1) is 0 Å². The lowest BCUT2D eigenvalue weighted by molar-refractivity contribution is -0.212. The molecule has 0 atom stereocenters. The van der Waals surface area contributed by atoms with Gasteiger partial charge in [-0.25, -0.2) is 8.42 Å². The van der Waals surface area contributed by atoms with E-state index in [0.717, 1.165) is 15.5 Å². The van der Waals surface area contributed by atoms with Gasteiger partial charge in [0.2, 0.25) is 10.0 Å². The molecule has 0 saturated carbocycles. The number of nitrogens with zero attached hydrogens (tertiary/aromatic N) is 2. The van der Waals surface area contributed by atoms with Crippen LogP contribution in [0.5, 0.6) is 0 Å². The van der Waals surface area contributed by atoms with Crippen molar-refractivity contribution in [2.45, 2.75) is 0 Å². The molecule has 1 aromatic rings. The van der Waals surface area contributed by atoms with Crippen LogP contribution in [-0.2, 0) is 10.0 Å². The van der Waals surface area contributed by atoms with Crippen LogP contribution in [0, 0.1) is 3.57 Å². The van der Waals surface area contributed by atoms with Crippen molar-refractivity contribution < 1.29 is 13.5 Å². The molecule has 0 heterocycles. The fourth-order valence-electron chi connectivity index (χ4n) is 1.21. The predicted molar refractivity (Wildman–Crippen MR) is 74.9 cm³/mol. The molecule has 94 valence electrons. The van der Waals surface area contributed by atoms with Gasteiger partial charge >= 0.3 is 0 Å². The molecule has 0 spiro atoms. The Bertz CT molecular complexity index is 553. The van der Waals surface area contributed by atoms with Crippen LogP contribution in [0.4, 0.5) is 5.69 Å². The summed E-state index contributed by atoms with van der Waals surface area (Å²) in [4.78, 5) is 1.91. The Morgan fingerprint density at radius 2 is 2.00 bits per heavy atom. The molecule has 0 aliphatic rings. The first-order chi connectivity index (χ1) is 7.70. The second kappa shape index (κ2) is 5.21. The summed E-state index contributed by atoms with van der Waals surface area (Å²) in [6.45, 7) is 0. The molecule has 0 radical (unpaired) electrons. The third-order valence-electron chi connectivity index (χ3n) is 1.93. The first kappa shape index (κ1) is 14.2. The lowest BCUT2D eigenvalue weighted by Crippen LogP contribution is -2.21. The molecule has 17 heavy (non-hydrogen) atoms. The first-order valence-corrected chi connectivity index (χ1v) is 7.57. The molecule has 0 aliphatic heterocycles. The van der Waals surface area contributed by atoms with Gasteiger partial charge in [0.15, 0.2) is 0 Å². The second-order valence-electron chi connectivity index (χ2n) is 3.69. The lowest BCUT2D eigenvalue weighted by Gasteiger charge is -2.17. The van der Waals surface area contributed by atoms with E-state index in [1.54, 1.807) is 18.2 Å². The standard InChI is InChI=1S/C10H13IN2O3S/c1-13(2)9-5-4-7(6-8(9)11)10(14)12-17(3,15)16/h4-6H,1-3H3,(H,12,14)/p-1. The molecular weight excluding hydrogens is 355 g/mol. The van der Waals surface area contributed by atoms with Gasteiger partial charge in [-0.05, 0) is 40.3 Å². The Labute approximate surface area is 114 Å². The summed E-state index contributed by atoms with van der Waals surface area (Å²) in [6, 6.07) is 4.94. The molecule has 0 saturated heterocycles. The largest absolute Gasteiger partial charge is 0.858 e. The van der Waals surface area contributed by atoms with E-state index in [2.05, 4.69) is 27.0 Å². The highest BCUT2D eigenvalue weighted by molar-refractivity contribution is 14.1. The molecule has 5 nitrogen and oxygen atoms in total. The molecule has 0 aromatic heterocycles. The smallest absolute Gasteiger partial charge is 0.249 e. The Kier molecular flexibility index (Phi) is 4.36. The number of hydrogen-bond acceptors (Lipinski definition) is 4. The van der Waals surface area contributed by atoms with Gasteiger partial charge in [0.1, 0.15) is 0 Å². The van der Waals surface area contributed by atoms with Crippen LogP contribution in [-0.4, -0.2) is 34.7 Å². The van der Waals surface area contributed by atoms with E-state index in [1.807, 2.05) is 19.0 Å². The molecule has 0 unspecified atom stereocenters. The summed E-state index contributed by atoms with van der Waals surface area (Å²) in [7, 11) is 0.129. The van der Waals surface area contributed by atoms with Gasteiger partial charge in [0.05, 0.1) is 6.26 Å². The van der Waals surface area contributed by atoms with Gasteiger partial charge in [-0.1, -0.05) is 6.07 Å². The van der Waals surface area contributed by atoms with E-state index in [4.69, 9.17) is 0 Å². The first-order valence-electron chi connectivity index (χ1n) is 4.65. The maximum atomic E-state index is 11.5. The van der Waals surface area contributed by atoms with Crippen LogP contribution in [0.3, 0.4) is 0 Å². The number of benzene rings is 1. The lowest BCUT2D eigenvalue weighted by atomic mass is 10.2. The minimum absolute atomic E-state index is 0.269. The average molecular weight is 367 g/mol. The number of halogens is 1. The van der Waals surface area contributed by atoms with E-state index >= 15 is 0 Å². The van der Waals surface area contributed by atoms with Crippen molar-refractivity contribution in [1.29, 1.82) is 0 Å². The Hall–Kier alpha value is -0.830. The minimum Gasteiger partial charge on any atom is -0.858 e. The van der Waals surface area contributed by atoms with E-state index in [1.165, 1.54) is 0 Å². The molecule has 7 heteroatoms. The highest BCUT2D eigenvalue weighted by atomic mass is 127. The van der Waals surface area contributed by atoms with Crippen molar-refractivity contribution in [2.75, 3.05) is 25.3 Å². The summed E-state index contributed by atoms with van der Waals surface area (Å²) in [5.74, 6) is -0.740. The fraction of sp³-hybridized carbons (Fsp3) is 0.300. The summed E-state index contributed by atoms with van der Waals surface area (Å²) in [6.07, 6.45) is 0.893. The van der Waals surface area contributed by atoms with Gasteiger partial charge in [0.25, 0.3) is 0 Å². The summed E-state index contributed by atoms with van der Waals surface area (Å²) >= 11 is 2.09. The van der Waals surface area contributed by atoms with E-state index in [9.17, 15) is 13.5 Å². The Morgan fingerprint density at radius 3 is 2.41 bits per heavy atom. The molecule has 0 aliphatic carbocycles. The summed E-state index contributed by atoms with van der Waals surface area (Å²) < 4.78 is 25.7.